The highest BCUT2D eigenvalue weighted by Crippen LogP contribution is 2.42. The second kappa shape index (κ2) is 2.26. The van der Waals surface area contributed by atoms with Crippen molar-refractivity contribution < 1.29 is 0 Å². The Morgan fingerprint density at radius 3 is 2.90 bits per heavy atom. The van der Waals surface area contributed by atoms with E-state index in [9.17, 15) is 0 Å². The van der Waals surface area contributed by atoms with Crippen molar-refractivity contribution in [2.24, 2.45) is 11.8 Å². The Labute approximate surface area is 62.6 Å². The molecule has 0 nitrogen and oxygen atoms in total. The first-order valence-electron chi connectivity index (χ1n) is 4.27. The molecule has 2 unspecified atom stereocenters. The molecule has 0 heterocycles. The van der Waals surface area contributed by atoms with Gasteiger partial charge in [-0.25, -0.2) is 0 Å². The SMILES string of the molecule is CCC1=CC2CC=CCC12. The van der Waals surface area contributed by atoms with E-state index in [-0.39, 0.29) is 0 Å². The summed E-state index contributed by atoms with van der Waals surface area (Å²) >= 11 is 0. The van der Waals surface area contributed by atoms with E-state index in [1.165, 1.54) is 19.3 Å². The maximum atomic E-state index is 2.47. The van der Waals surface area contributed by atoms with Crippen LogP contribution in [0.2, 0.25) is 0 Å². The van der Waals surface area contributed by atoms with Crippen molar-refractivity contribution in [3.63, 3.8) is 0 Å². The lowest BCUT2D eigenvalue weighted by atomic mass is 9.68. The van der Waals surface area contributed by atoms with Crippen molar-refractivity contribution in [3.05, 3.63) is 23.8 Å². The maximum Gasteiger partial charge on any atom is -0.0103 e. The highest BCUT2D eigenvalue weighted by Gasteiger charge is 2.30. The largest absolute Gasteiger partial charge is 0.0879 e. The lowest BCUT2D eigenvalue weighted by Gasteiger charge is -2.37. The summed E-state index contributed by atoms with van der Waals surface area (Å²) in [7, 11) is 0. The Balaban J connectivity index is 2.09. The smallest absolute Gasteiger partial charge is 0.0103 e. The number of hydrogen-bond donors (Lipinski definition) is 0. The van der Waals surface area contributed by atoms with Crippen LogP contribution in [0.5, 0.6) is 0 Å². The molecule has 2 rings (SSSR count). The molecule has 0 heteroatoms. The van der Waals surface area contributed by atoms with E-state index in [4.69, 9.17) is 0 Å². The molecule has 2 atom stereocenters. The quantitative estimate of drug-likeness (QED) is 0.484. The van der Waals surface area contributed by atoms with Gasteiger partial charge in [0, 0.05) is 0 Å². The number of hydrogen-bond acceptors (Lipinski definition) is 0. The second-order valence-electron chi connectivity index (χ2n) is 3.31. The van der Waals surface area contributed by atoms with Gasteiger partial charge >= 0.3 is 0 Å². The molecule has 2 aliphatic carbocycles. The van der Waals surface area contributed by atoms with Crippen molar-refractivity contribution >= 4 is 0 Å². The highest BCUT2D eigenvalue weighted by atomic mass is 14.3. The molecule has 0 aromatic carbocycles. The Kier molecular flexibility index (Phi) is 1.40. The lowest BCUT2D eigenvalue weighted by Crippen LogP contribution is -2.25. The first-order valence-corrected chi connectivity index (χ1v) is 4.27. The molecular formula is C10H14. The Morgan fingerprint density at radius 2 is 2.20 bits per heavy atom. The molecule has 0 aromatic heterocycles. The van der Waals surface area contributed by atoms with Crippen LogP contribution in [-0.4, -0.2) is 0 Å². The van der Waals surface area contributed by atoms with Gasteiger partial charge in [-0.2, -0.15) is 0 Å². The zero-order valence-electron chi connectivity index (χ0n) is 6.51. The average molecular weight is 134 g/mol. The van der Waals surface area contributed by atoms with Crippen LogP contribution in [0, 0.1) is 11.8 Å². The summed E-state index contributed by atoms with van der Waals surface area (Å²) in [5.41, 5.74) is 1.70. The molecule has 0 amide bonds. The normalized spacial score (nSPS) is 36.3. The van der Waals surface area contributed by atoms with Gasteiger partial charge in [0.05, 0.1) is 0 Å². The summed E-state index contributed by atoms with van der Waals surface area (Å²) in [6.45, 7) is 2.26. The summed E-state index contributed by atoms with van der Waals surface area (Å²) in [6, 6.07) is 0. The van der Waals surface area contributed by atoms with Crippen molar-refractivity contribution in [3.8, 4) is 0 Å². The van der Waals surface area contributed by atoms with Crippen LogP contribution in [0.15, 0.2) is 23.8 Å². The summed E-state index contributed by atoms with van der Waals surface area (Å²) in [5, 5.41) is 0. The molecule has 10 heavy (non-hydrogen) atoms. The fourth-order valence-electron chi connectivity index (χ4n) is 2.11. The van der Waals surface area contributed by atoms with Crippen molar-refractivity contribution in [1.82, 2.24) is 0 Å². The third-order valence-corrected chi connectivity index (χ3v) is 2.79. The molecule has 0 fully saturated rings. The third-order valence-electron chi connectivity index (χ3n) is 2.79. The van der Waals surface area contributed by atoms with E-state index >= 15 is 0 Å². The standard InChI is InChI=1S/C10H14/c1-2-8-7-9-5-3-4-6-10(8)9/h3-4,7,9-10H,2,5-6H2,1H3. The summed E-state index contributed by atoms with van der Waals surface area (Å²) in [6.07, 6.45) is 11.0. The molecule has 0 aromatic rings. The van der Waals surface area contributed by atoms with Crippen LogP contribution in [0.4, 0.5) is 0 Å². The van der Waals surface area contributed by atoms with Gasteiger partial charge in [0.15, 0.2) is 0 Å². The van der Waals surface area contributed by atoms with E-state index in [2.05, 4.69) is 25.2 Å². The summed E-state index contributed by atoms with van der Waals surface area (Å²) in [5.74, 6) is 1.86. The minimum absolute atomic E-state index is 0.917. The summed E-state index contributed by atoms with van der Waals surface area (Å²) < 4.78 is 0. The van der Waals surface area contributed by atoms with Crippen LogP contribution in [0.1, 0.15) is 26.2 Å². The van der Waals surface area contributed by atoms with Crippen molar-refractivity contribution in [2.75, 3.05) is 0 Å². The van der Waals surface area contributed by atoms with E-state index in [1.54, 1.807) is 5.57 Å². The lowest BCUT2D eigenvalue weighted by molar-refractivity contribution is 0.376. The van der Waals surface area contributed by atoms with Crippen LogP contribution >= 0.6 is 0 Å². The predicted molar refractivity (Wildman–Crippen MR) is 43.7 cm³/mol. The van der Waals surface area contributed by atoms with Gasteiger partial charge in [0.2, 0.25) is 0 Å². The first-order chi connectivity index (χ1) is 4.92. The molecule has 2 aliphatic rings. The minimum Gasteiger partial charge on any atom is -0.0879 e. The molecule has 54 valence electrons. The first kappa shape index (κ1) is 6.21. The maximum absolute atomic E-state index is 2.47. The third kappa shape index (κ3) is 0.749. The van der Waals surface area contributed by atoms with Gasteiger partial charge in [-0.05, 0) is 31.1 Å². The Bertz CT molecular complexity index is 186. The van der Waals surface area contributed by atoms with Crippen LogP contribution in [0.25, 0.3) is 0 Å². The van der Waals surface area contributed by atoms with E-state index in [0.717, 1.165) is 11.8 Å². The molecule has 0 radical (unpaired) electrons. The molecular weight excluding hydrogens is 120 g/mol. The van der Waals surface area contributed by atoms with Gasteiger partial charge in [0.25, 0.3) is 0 Å². The minimum atomic E-state index is 0.917. The fraction of sp³-hybridized carbons (Fsp3) is 0.600. The molecule has 0 saturated carbocycles. The van der Waals surface area contributed by atoms with Gasteiger partial charge in [-0.3, -0.25) is 0 Å². The van der Waals surface area contributed by atoms with Crippen molar-refractivity contribution in [1.29, 1.82) is 0 Å². The second-order valence-corrected chi connectivity index (χ2v) is 3.31. The highest BCUT2D eigenvalue weighted by molar-refractivity contribution is 5.26. The van der Waals surface area contributed by atoms with Gasteiger partial charge in [-0.15, -0.1) is 0 Å². The molecule has 0 bridgehead atoms. The monoisotopic (exact) mass is 134 g/mol. The zero-order chi connectivity index (χ0) is 6.97. The molecule has 0 saturated heterocycles. The van der Waals surface area contributed by atoms with Gasteiger partial charge < -0.3 is 0 Å². The number of rotatable bonds is 1. The Hall–Kier alpha value is -0.520. The summed E-state index contributed by atoms with van der Waals surface area (Å²) in [4.78, 5) is 0. The topological polar surface area (TPSA) is 0 Å². The fourth-order valence-corrected chi connectivity index (χ4v) is 2.11. The zero-order valence-corrected chi connectivity index (χ0v) is 6.51. The molecule has 0 aliphatic heterocycles. The van der Waals surface area contributed by atoms with Gasteiger partial charge in [-0.1, -0.05) is 30.7 Å². The Morgan fingerprint density at radius 1 is 1.40 bits per heavy atom. The van der Waals surface area contributed by atoms with E-state index < -0.39 is 0 Å². The number of allylic oxidation sites excluding steroid dienone is 4. The average Bonchev–Trinajstić information content (AvgIpc) is 1.92. The van der Waals surface area contributed by atoms with E-state index in [1.807, 2.05) is 0 Å². The van der Waals surface area contributed by atoms with Gasteiger partial charge in [0.1, 0.15) is 0 Å². The predicted octanol–water partition coefficient (Wildman–Crippen LogP) is 2.92. The number of fused-ring (bicyclic) bond motifs is 1. The van der Waals surface area contributed by atoms with Crippen molar-refractivity contribution in [2.45, 2.75) is 26.2 Å². The van der Waals surface area contributed by atoms with E-state index in [0.29, 0.717) is 0 Å². The molecule has 0 N–H and O–H groups in total. The van der Waals surface area contributed by atoms with Crippen LogP contribution < -0.4 is 0 Å². The molecule has 0 spiro atoms. The van der Waals surface area contributed by atoms with Crippen LogP contribution in [0.3, 0.4) is 0 Å². The van der Waals surface area contributed by atoms with Crippen LogP contribution in [-0.2, 0) is 0 Å².